The maximum absolute atomic E-state index is 13.6. The Morgan fingerprint density at radius 3 is 2.64 bits per heavy atom. The molecule has 1 spiro atoms. The van der Waals surface area contributed by atoms with E-state index in [1.54, 1.807) is 6.07 Å². The number of fused-ring (bicyclic) bond motifs is 2. The maximum Gasteiger partial charge on any atom is 0.251 e. The molecule has 1 atom stereocenters. The summed E-state index contributed by atoms with van der Waals surface area (Å²) < 4.78 is 27.9. The first-order valence-corrected chi connectivity index (χ1v) is 13.7. The van der Waals surface area contributed by atoms with Crippen molar-refractivity contribution >= 4 is 22.7 Å². The molecule has 7 rings (SSSR count). The topological polar surface area (TPSA) is 72.6 Å². The summed E-state index contributed by atoms with van der Waals surface area (Å²) >= 11 is 0. The molecule has 5 heterocycles. The van der Waals surface area contributed by atoms with Gasteiger partial charge >= 0.3 is 0 Å². The number of imidazole rings is 1. The van der Waals surface area contributed by atoms with Gasteiger partial charge in [0, 0.05) is 53.1 Å². The Labute approximate surface area is 211 Å². The number of rotatable bonds is 3. The van der Waals surface area contributed by atoms with E-state index in [-0.39, 0.29) is 5.41 Å². The normalized spacial score (nSPS) is 29.3. The van der Waals surface area contributed by atoms with Crippen LogP contribution < -0.4 is 0 Å². The molecule has 3 aliphatic heterocycles. The van der Waals surface area contributed by atoms with E-state index >= 15 is 0 Å². The zero-order chi connectivity index (χ0) is 24.7. The van der Waals surface area contributed by atoms with E-state index < -0.39 is 22.3 Å². The second-order valence-corrected chi connectivity index (χ2v) is 12.0. The number of oxime groups is 1. The first-order valence-electron chi connectivity index (χ1n) is 12.2. The highest BCUT2D eigenvalue weighted by Gasteiger charge is 2.56. The average molecular weight is 504 g/mol. The summed E-state index contributed by atoms with van der Waals surface area (Å²) in [7, 11) is -0.798. The van der Waals surface area contributed by atoms with Crippen molar-refractivity contribution < 1.29 is 13.4 Å². The molecule has 184 valence electrons. The van der Waals surface area contributed by atoms with Crippen LogP contribution in [0.1, 0.15) is 41.4 Å². The first-order chi connectivity index (χ1) is 17.3. The van der Waals surface area contributed by atoms with Crippen LogP contribution in [-0.4, -0.2) is 47.5 Å². The fraction of sp³-hybridized carbons (Fsp3) is 0.370. The van der Waals surface area contributed by atoms with Crippen molar-refractivity contribution in [1.29, 1.82) is 0 Å². The second kappa shape index (κ2) is 7.59. The van der Waals surface area contributed by atoms with Gasteiger partial charge < -0.3 is 14.3 Å². The van der Waals surface area contributed by atoms with Gasteiger partial charge in [-0.25, -0.2) is 9.37 Å². The van der Waals surface area contributed by atoms with E-state index in [0.29, 0.717) is 23.7 Å². The molecule has 2 fully saturated rings. The Bertz CT molecular complexity index is 1490. The van der Waals surface area contributed by atoms with E-state index in [9.17, 15) is 8.60 Å². The van der Waals surface area contributed by atoms with Crippen LogP contribution in [0, 0.1) is 18.2 Å². The number of hydrogen-bond donors (Lipinski definition) is 0. The zero-order valence-electron chi connectivity index (χ0n) is 20.2. The predicted octanol–water partition coefficient (Wildman–Crippen LogP) is 3.87. The van der Waals surface area contributed by atoms with Gasteiger partial charge in [0.2, 0.25) is 0 Å². The predicted molar refractivity (Wildman–Crippen MR) is 135 cm³/mol. The fourth-order valence-electron chi connectivity index (χ4n) is 6.01. The molecule has 0 N–H and O–H groups in total. The van der Waals surface area contributed by atoms with E-state index in [1.165, 1.54) is 34.6 Å². The van der Waals surface area contributed by atoms with Crippen LogP contribution in [0.25, 0.3) is 11.8 Å². The molecule has 1 aromatic carbocycles. The van der Waals surface area contributed by atoms with E-state index in [0.717, 1.165) is 36.4 Å². The van der Waals surface area contributed by atoms with Gasteiger partial charge in [0.1, 0.15) is 11.5 Å². The van der Waals surface area contributed by atoms with Gasteiger partial charge in [0.25, 0.3) is 5.72 Å². The highest BCUT2D eigenvalue weighted by atomic mass is 32.2. The SMILES string of the molecule is Cc1cn(-c2ccc(C=C3CC4(CN5C3=NOC5(C)c3ccc(F)cn3)CS(=O)C4)c3c2CC3)cn1. The van der Waals surface area contributed by atoms with Crippen LogP contribution in [0.2, 0.25) is 0 Å². The van der Waals surface area contributed by atoms with Crippen molar-refractivity contribution in [3.8, 4) is 5.69 Å². The fourth-order valence-corrected chi connectivity index (χ4v) is 7.68. The van der Waals surface area contributed by atoms with Crippen molar-refractivity contribution in [3.05, 3.63) is 82.5 Å². The number of benzene rings is 1. The van der Waals surface area contributed by atoms with Crippen molar-refractivity contribution in [2.75, 3.05) is 18.1 Å². The van der Waals surface area contributed by atoms with E-state index in [4.69, 9.17) is 4.84 Å². The van der Waals surface area contributed by atoms with Gasteiger partial charge in [-0.15, -0.1) is 0 Å². The van der Waals surface area contributed by atoms with Crippen molar-refractivity contribution in [3.63, 3.8) is 0 Å². The summed E-state index contributed by atoms with van der Waals surface area (Å²) in [6.45, 7) is 4.60. The standard InChI is InChI=1S/C27H26FN5O2S/c1-17-12-32(16-30-17)23-7-3-18(21-5-6-22(21)23)9-19-10-27(14-36(34)15-27)13-33-25(19)31-35-26(33,2)24-8-4-20(28)11-29-24/h3-4,7-9,11-12,16H,5-6,10,13-15H2,1-2H3. The van der Waals surface area contributed by atoms with Crippen LogP contribution in [0.15, 0.2) is 53.7 Å². The van der Waals surface area contributed by atoms with Crippen LogP contribution in [0.4, 0.5) is 4.39 Å². The maximum atomic E-state index is 13.6. The number of aryl methyl sites for hydroxylation is 1. The molecule has 0 radical (unpaired) electrons. The third-order valence-electron chi connectivity index (χ3n) is 7.95. The van der Waals surface area contributed by atoms with Crippen molar-refractivity contribution in [1.82, 2.24) is 19.4 Å². The van der Waals surface area contributed by atoms with Gasteiger partial charge in [-0.05, 0) is 72.7 Å². The molecule has 3 aromatic rings. The van der Waals surface area contributed by atoms with Gasteiger partial charge in [-0.1, -0.05) is 11.2 Å². The minimum absolute atomic E-state index is 0.0912. The van der Waals surface area contributed by atoms with Gasteiger partial charge in [-0.2, -0.15) is 0 Å². The molecule has 36 heavy (non-hydrogen) atoms. The molecular weight excluding hydrogens is 477 g/mol. The number of amidine groups is 1. The lowest BCUT2D eigenvalue weighted by atomic mass is 9.77. The first kappa shape index (κ1) is 21.9. The lowest BCUT2D eigenvalue weighted by molar-refractivity contribution is -0.104. The van der Waals surface area contributed by atoms with Crippen molar-refractivity contribution in [2.45, 2.75) is 38.8 Å². The number of aromatic nitrogens is 3. The van der Waals surface area contributed by atoms with E-state index in [1.807, 2.05) is 20.2 Å². The highest BCUT2D eigenvalue weighted by molar-refractivity contribution is 7.86. The monoisotopic (exact) mass is 503 g/mol. The lowest BCUT2D eigenvalue weighted by Crippen LogP contribution is -2.60. The molecule has 0 amide bonds. The third kappa shape index (κ3) is 3.21. The number of piperidine rings is 1. The number of pyridine rings is 1. The minimum atomic E-state index is -0.944. The second-order valence-electron chi connectivity index (χ2n) is 10.6. The summed E-state index contributed by atoms with van der Waals surface area (Å²) in [5.41, 5.74) is 6.75. The molecule has 0 bridgehead atoms. The molecule has 1 aliphatic carbocycles. The Morgan fingerprint density at radius 1 is 1.14 bits per heavy atom. The summed E-state index contributed by atoms with van der Waals surface area (Å²) in [6.07, 6.45) is 10.3. The summed E-state index contributed by atoms with van der Waals surface area (Å²) in [5, 5.41) is 4.52. The Morgan fingerprint density at radius 2 is 1.97 bits per heavy atom. The number of hydrogen-bond acceptors (Lipinski definition) is 6. The minimum Gasteiger partial charge on any atom is -0.359 e. The smallest absolute Gasteiger partial charge is 0.251 e. The zero-order valence-corrected chi connectivity index (χ0v) is 21.0. The largest absolute Gasteiger partial charge is 0.359 e. The lowest BCUT2D eigenvalue weighted by Gasteiger charge is -2.50. The molecule has 9 heteroatoms. The molecule has 2 aromatic heterocycles. The molecule has 2 saturated heterocycles. The number of halogens is 1. The van der Waals surface area contributed by atoms with Crippen LogP contribution >= 0.6 is 0 Å². The summed E-state index contributed by atoms with van der Waals surface area (Å²) in [5.74, 6) is 1.73. The molecular formula is C27H26FN5O2S. The highest BCUT2D eigenvalue weighted by Crippen LogP contribution is 2.49. The number of nitrogens with zero attached hydrogens (tertiary/aromatic N) is 5. The molecule has 1 unspecified atom stereocenters. The summed E-state index contributed by atoms with van der Waals surface area (Å²) in [6, 6.07) is 7.39. The Hall–Kier alpha value is -3.33. The van der Waals surface area contributed by atoms with Gasteiger partial charge in [0.05, 0.1) is 18.2 Å². The van der Waals surface area contributed by atoms with Crippen molar-refractivity contribution in [2.24, 2.45) is 10.6 Å². The quantitative estimate of drug-likeness (QED) is 0.543. The van der Waals surface area contributed by atoms with Gasteiger partial charge in [-0.3, -0.25) is 9.19 Å². The molecule has 0 saturated carbocycles. The van der Waals surface area contributed by atoms with Crippen LogP contribution in [0.5, 0.6) is 0 Å². The Balaban J connectivity index is 1.29. The van der Waals surface area contributed by atoms with Crippen LogP contribution in [0.3, 0.4) is 0 Å². The van der Waals surface area contributed by atoms with Crippen LogP contribution in [-0.2, 0) is 34.2 Å². The molecule has 7 nitrogen and oxygen atoms in total. The summed E-state index contributed by atoms with van der Waals surface area (Å²) in [4.78, 5) is 16.9. The van der Waals surface area contributed by atoms with Gasteiger partial charge in [0.15, 0.2) is 5.84 Å². The van der Waals surface area contributed by atoms with E-state index in [2.05, 4.69) is 49.0 Å². The third-order valence-corrected chi connectivity index (χ3v) is 9.82. The average Bonchev–Trinajstić information content (AvgIpc) is 3.38. The Kier molecular flexibility index (Phi) is 4.62. The molecule has 4 aliphatic rings.